The predicted molar refractivity (Wildman–Crippen MR) is 69.0 cm³/mol. The summed E-state index contributed by atoms with van der Waals surface area (Å²) in [4.78, 5) is 11.7. The highest BCUT2D eigenvalue weighted by Crippen LogP contribution is 2.19. The molecule has 0 saturated carbocycles. The quantitative estimate of drug-likeness (QED) is 0.907. The molecule has 0 atom stereocenters. The van der Waals surface area contributed by atoms with Crippen molar-refractivity contribution in [3.63, 3.8) is 0 Å². The van der Waals surface area contributed by atoms with Gasteiger partial charge in [-0.1, -0.05) is 0 Å². The monoisotopic (exact) mass is 255 g/mol. The summed E-state index contributed by atoms with van der Waals surface area (Å²) < 4.78 is 10.6. The average Bonchev–Trinajstić information content (AvgIpc) is 2.28. The summed E-state index contributed by atoms with van der Waals surface area (Å²) in [7, 11) is 1.57. The number of benzene rings is 1. The first-order chi connectivity index (χ1) is 7.74. The summed E-state index contributed by atoms with van der Waals surface area (Å²) in [5.41, 5.74) is 5.91. The molecule has 0 aliphatic rings. The second-order valence-electron chi connectivity index (χ2n) is 3.48. The summed E-state index contributed by atoms with van der Waals surface area (Å²) in [5.74, 6) is 1.27. The van der Waals surface area contributed by atoms with Crippen LogP contribution in [0.15, 0.2) is 33.5 Å². The van der Waals surface area contributed by atoms with E-state index < -0.39 is 0 Å². The molecule has 0 fully saturated rings. The molecule has 1 aromatic heterocycles. The standard InChI is InChI=1S/C12H13NO3.ClH/c1-15-8-2-3-10-11(14)6-9(4-5-13)16-12(10)7-8;/h2-3,6-7H,4-5,13H2,1H3;1H. The Kier molecular flexibility index (Phi) is 4.54. The number of rotatable bonds is 3. The Morgan fingerprint density at radius 1 is 1.35 bits per heavy atom. The molecule has 2 aromatic rings. The molecule has 0 unspecified atom stereocenters. The zero-order chi connectivity index (χ0) is 11.5. The Morgan fingerprint density at radius 3 is 2.76 bits per heavy atom. The number of nitrogens with two attached hydrogens (primary N) is 1. The molecular weight excluding hydrogens is 242 g/mol. The third-order valence-corrected chi connectivity index (χ3v) is 2.38. The molecule has 1 aromatic carbocycles. The number of hydrogen-bond acceptors (Lipinski definition) is 4. The van der Waals surface area contributed by atoms with E-state index in [1.807, 2.05) is 0 Å². The molecule has 1 heterocycles. The average molecular weight is 256 g/mol. The fourth-order valence-electron chi connectivity index (χ4n) is 1.58. The number of hydrogen-bond donors (Lipinski definition) is 1. The molecule has 0 saturated heterocycles. The van der Waals surface area contributed by atoms with Crippen LogP contribution in [0.25, 0.3) is 11.0 Å². The molecule has 2 rings (SSSR count). The first-order valence-electron chi connectivity index (χ1n) is 5.05. The normalized spacial score (nSPS) is 10.0. The molecule has 4 nitrogen and oxygen atoms in total. The summed E-state index contributed by atoms with van der Waals surface area (Å²) >= 11 is 0. The minimum absolute atomic E-state index is 0. The Hall–Kier alpha value is -1.52. The van der Waals surface area contributed by atoms with Crippen molar-refractivity contribution < 1.29 is 9.15 Å². The van der Waals surface area contributed by atoms with Gasteiger partial charge in [0.1, 0.15) is 17.1 Å². The van der Waals surface area contributed by atoms with E-state index in [4.69, 9.17) is 14.9 Å². The molecular formula is C12H14ClNO3. The van der Waals surface area contributed by atoms with Crippen LogP contribution < -0.4 is 15.9 Å². The molecule has 5 heteroatoms. The van der Waals surface area contributed by atoms with Crippen LogP contribution in [0, 0.1) is 0 Å². The molecule has 0 aliphatic heterocycles. The predicted octanol–water partition coefficient (Wildman–Crippen LogP) is 1.72. The van der Waals surface area contributed by atoms with Gasteiger partial charge in [0, 0.05) is 18.6 Å². The van der Waals surface area contributed by atoms with Gasteiger partial charge in [0.05, 0.1) is 12.5 Å². The lowest BCUT2D eigenvalue weighted by Crippen LogP contribution is -2.07. The lowest BCUT2D eigenvalue weighted by atomic mass is 10.2. The second-order valence-corrected chi connectivity index (χ2v) is 3.48. The van der Waals surface area contributed by atoms with Crippen molar-refractivity contribution >= 4 is 23.4 Å². The number of fused-ring (bicyclic) bond motifs is 1. The summed E-state index contributed by atoms with van der Waals surface area (Å²) in [6.45, 7) is 0.457. The smallest absolute Gasteiger partial charge is 0.192 e. The van der Waals surface area contributed by atoms with Crippen molar-refractivity contribution in [1.29, 1.82) is 0 Å². The Morgan fingerprint density at radius 2 is 2.12 bits per heavy atom. The summed E-state index contributed by atoms with van der Waals surface area (Å²) in [6, 6.07) is 6.63. The van der Waals surface area contributed by atoms with Gasteiger partial charge in [-0.2, -0.15) is 0 Å². The van der Waals surface area contributed by atoms with Gasteiger partial charge in [-0.15, -0.1) is 12.4 Å². The Bertz CT molecular complexity index is 565. The van der Waals surface area contributed by atoms with Gasteiger partial charge < -0.3 is 14.9 Å². The molecule has 0 aliphatic carbocycles. The van der Waals surface area contributed by atoms with Crippen LogP contribution in [-0.2, 0) is 6.42 Å². The van der Waals surface area contributed by atoms with Gasteiger partial charge in [-0.3, -0.25) is 4.79 Å². The van der Waals surface area contributed by atoms with E-state index >= 15 is 0 Å². The van der Waals surface area contributed by atoms with Crippen molar-refractivity contribution in [2.24, 2.45) is 5.73 Å². The zero-order valence-corrected chi connectivity index (χ0v) is 10.3. The molecule has 0 bridgehead atoms. The first kappa shape index (κ1) is 13.5. The van der Waals surface area contributed by atoms with Gasteiger partial charge in [-0.05, 0) is 18.7 Å². The zero-order valence-electron chi connectivity index (χ0n) is 9.43. The maximum atomic E-state index is 11.7. The van der Waals surface area contributed by atoms with Crippen molar-refractivity contribution in [2.75, 3.05) is 13.7 Å². The van der Waals surface area contributed by atoms with E-state index in [0.717, 1.165) is 0 Å². The maximum absolute atomic E-state index is 11.7. The minimum Gasteiger partial charge on any atom is -0.497 e. The largest absolute Gasteiger partial charge is 0.497 e. The molecule has 0 spiro atoms. The third kappa shape index (κ3) is 2.78. The van der Waals surface area contributed by atoms with E-state index in [9.17, 15) is 4.79 Å². The molecule has 0 amide bonds. The molecule has 2 N–H and O–H groups in total. The van der Waals surface area contributed by atoms with Gasteiger partial charge in [0.2, 0.25) is 0 Å². The lowest BCUT2D eigenvalue weighted by molar-refractivity contribution is 0.414. The third-order valence-electron chi connectivity index (χ3n) is 2.38. The first-order valence-corrected chi connectivity index (χ1v) is 5.05. The topological polar surface area (TPSA) is 65.5 Å². The Labute approximate surface area is 105 Å². The van der Waals surface area contributed by atoms with Gasteiger partial charge >= 0.3 is 0 Å². The van der Waals surface area contributed by atoms with E-state index in [1.165, 1.54) is 6.07 Å². The van der Waals surface area contributed by atoms with Gasteiger partial charge in [0.25, 0.3) is 0 Å². The fourth-order valence-corrected chi connectivity index (χ4v) is 1.58. The van der Waals surface area contributed by atoms with Crippen LogP contribution in [0.2, 0.25) is 0 Å². The van der Waals surface area contributed by atoms with Crippen LogP contribution in [0.4, 0.5) is 0 Å². The SMILES string of the molecule is COc1ccc2c(=O)cc(CCN)oc2c1.Cl. The van der Waals surface area contributed by atoms with Crippen molar-refractivity contribution in [3.8, 4) is 5.75 Å². The van der Waals surface area contributed by atoms with E-state index in [0.29, 0.717) is 35.4 Å². The summed E-state index contributed by atoms with van der Waals surface area (Å²) in [5, 5.41) is 0.557. The summed E-state index contributed by atoms with van der Waals surface area (Å²) in [6.07, 6.45) is 0.558. The Balaban J connectivity index is 0.00000144. The maximum Gasteiger partial charge on any atom is 0.192 e. The minimum atomic E-state index is -0.0487. The van der Waals surface area contributed by atoms with Gasteiger partial charge in [0.15, 0.2) is 5.43 Å². The number of ether oxygens (including phenoxy) is 1. The van der Waals surface area contributed by atoms with Crippen LogP contribution in [0.1, 0.15) is 5.76 Å². The number of methoxy groups -OCH3 is 1. The molecule has 0 radical (unpaired) electrons. The van der Waals surface area contributed by atoms with Crippen LogP contribution >= 0.6 is 12.4 Å². The van der Waals surface area contributed by atoms with Crippen molar-refractivity contribution in [1.82, 2.24) is 0 Å². The highest BCUT2D eigenvalue weighted by molar-refractivity contribution is 5.85. The highest BCUT2D eigenvalue weighted by atomic mass is 35.5. The van der Waals surface area contributed by atoms with Crippen LogP contribution in [-0.4, -0.2) is 13.7 Å². The lowest BCUT2D eigenvalue weighted by Gasteiger charge is -2.03. The van der Waals surface area contributed by atoms with E-state index in [-0.39, 0.29) is 17.8 Å². The number of halogens is 1. The van der Waals surface area contributed by atoms with E-state index in [1.54, 1.807) is 25.3 Å². The second kappa shape index (κ2) is 5.70. The molecule has 17 heavy (non-hydrogen) atoms. The van der Waals surface area contributed by atoms with Gasteiger partial charge in [-0.25, -0.2) is 0 Å². The van der Waals surface area contributed by atoms with Crippen LogP contribution in [0.3, 0.4) is 0 Å². The van der Waals surface area contributed by atoms with Crippen molar-refractivity contribution in [3.05, 3.63) is 40.2 Å². The molecule has 92 valence electrons. The van der Waals surface area contributed by atoms with Crippen LogP contribution in [0.5, 0.6) is 5.75 Å². The van der Waals surface area contributed by atoms with E-state index in [2.05, 4.69) is 0 Å². The fraction of sp³-hybridized carbons (Fsp3) is 0.250. The highest BCUT2D eigenvalue weighted by Gasteiger charge is 2.05. The van der Waals surface area contributed by atoms with Crippen molar-refractivity contribution in [2.45, 2.75) is 6.42 Å².